The molecule has 3 N–H and O–H groups in total. The molecule has 6 nitrogen and oxygen atoms in total. The molecule has 3 rings (SSSR count). The number of carbonyl (C=O) groups is 1. The summed E-state index contributed by atoms with van der Waals surface area (Å²) in [6, 6.07) is 7.64. The van der Waals surface area contributed by atoms with Crippen LogP contribution < -0.4 is 11.2 Å². The number of carbonyl (C=O) groups excluding carboxylic acids is 1. The van der Waals surface area contributed by atoms with Crippen LogP contribution in [-0.2, 0) is 4.79 Å². The Bertz CT molecular complexity index is 843. The number of nitrogens with zero attached hydrogens (tertiary/aromatic N) is 3. The van der Waals surface area contributed by atoms with Crippen LogP contribution in [0.2, 0.25) is 0 Å². The molecule has 2 heterocycles. The molecule has 0 saturated carbocycles. The van der Waals surface area contributed by atoms with Gasteiger partial charge in [0, 0.05) is 50.8 Å². The highest BCUT2D eigenvalue weighted by Gasteiger charge is 2.41. The quantitative estimate of drug-likeness (QED) is 0.624. The molecule has 0 aliphatic carbocycles. The summed E-state index contributed by atoms with van der Waals surface area (Å²) in [5.41, 5.74) is -0.865. The molecule has 144 valence electrons. The van der Waals surface area contributed by atoms with E-state index in [0.717, 1.165) is 22.9 Å². The molecule has 1 saturated heterocycles. The lowest BCUT2D eigenvalue weighted by molar-refractivity contribution is -0.130. The monoisotopic (exact) mass is 371 g/mol. The molecule has 0 bridgehead atoms. The SMILES string of the molecule is CCN1CCC(F)(C(=O)Nc2cc3cc(/C=C/N(C)N)ccc3cn2)CC1. The van der Waals surface area contributed by atoms with Gasteiger partial charge in [0.25, 0.3) is 5.91 Å². The van der Waals surface area contributed by atoms with Gasteiger partial charge in [0.1, 0.15) is 5.82 Å². The second-order valence-electron chi connectivity index (χ2n) is 7.01. The number of alkyl halides is 1. The fraction of sp³-hybridized carbons (Fsp3) is 0.400. The van der Waals surface area contributed by atoms with Crippen LogP contribution >= 0.6 is 0 Å². The summed E-state index contributed by atoms with van der Waals surface area (Å²) in [4.78, 5) is 18.9. The van der Waals surface area contributed by atoms with Gasteiger partial charge in [-0.2, -0.15) is 0 Å². The lowest BCUT2D eigenvalue weighted by Gasteiger charge is -2.34. The fourth-order valence-electron chi connectivity index (χ4n) is 3.21. The van der Waals surface area contributed by atoms with Gasteiger partial charge in [0.05, 0.1) is 0 Å². The second-order valence-corrected chi connectivity index (χ2v) is 7.01. The largest absolute Gasteiger partial charge is 0.321 e. The van der Waals surface area contributed by atoms with Gasteiger partial charge >= 0.3 is 0 Å². The summed E-state index contributed by atoms with van der Waals surface area (Å²) in [5, 5.41) is 5.98. The molecule has 0 unspecified atom stereocenters. The number of pyridine rings is 1. The maximum absolute atomic E-state index is 15.0. The minimum Gasteiger partial charge on any atom is -0.321 e. The molecule has 7 heteroatoms. The first-order valence-electron chi connectivity index (χ1n) is 9.18. The number of rotatable bonds is 5. The number of fused-ring (bicyclic) bond motifs is 1. The van der Waals surface area contributed by atoms with Crippen molar-refractivity contribution in [3.05, 3.63) is 42.2 Å². The minimum atomic E-state index is -1.83. The van der Waals surface area contributed by atoms with Crippen molar-refractivity contribution in [2.24, 2.45) is 5.84 Å². The summed E-state index contributed by atoms with van der Waals surface area (Å²) in [6.45, 7) is 4.10. The number of nitrogens with two attached hydrogens (primary N) is 1. The molecule has 1 aromatic heterocycles. The van der Waals surface area contributed by atoms with Crippen molar-refractivity contribution < 1.29 is 9.18 Å². The summed E-state index contributed by atoms with van der Waals surface area (Å²) in [6.07, 6.45) is 5.73. The molecule has 27 heavy (non-hydrogen) atoms. The number of piperidine rings is 1. The number of halogens is 1. The van der Waals surface area contributed by atoms with Crippen molar-refractivity contribution in [2.75, 3.05) is 32.0 Å². The zero-order valence-electron chi connectivity index (χ0n) is 15.8. The Morgan fingerprint density at radius 3 is 2.78 bits per heavy atom. The molecule has 0 spiro atoms. The van der Waals surface area contributed by atoms with Crippen LogP contribution in [-0.4, -0.2) is 53.2 Å². The van der Waals surface area contributed by atoms with Crippen LogP contribution in [0.15, 0.2) is 36.7 Å². The lowest BCUT2D eigenvalue weighted by atomic mass is 9.92. The van der Waals surface area contributed by atoms with Gasteiger partial charge in [-0.25, -0.2) is 15.2 Å². The Labute approximate surface area is 158 Å². The summed E-state index contributed by atoms with van der Waals surface area (Å²) < 4.78 is 15.0. The topological polar surface area (TPSA) is 74.5 Å². The first kappa shape index (κ1) is 19.3. The van der Waals surface area contributed by atoms with Gasteiger partial charge in [0.15, 0.2) is 5.67 Å². The number of hydrazine groups is 1. The van der Waals surface area contributed by atoms with Crippen LogP contribution in [0.5, 0.6) is 0 Å². The first-order valence-corrected chi connectivity index (χ1v) is 9.18. The lowest BCUT2D eigenvalue weighted by Crippen LogP contribution is -2.48. The van der Waals surface area contributed by atoms with Crippen molar-refractivity contribution in [2.45, 2.75) is 25.4 Å². The summed E-state index contributed by atoms with van der Waals surface area (Å²) in [5.74, 6) is 5.34. The number of nitrogens with one attached hydrogen (secondary N) is 1. The van der Waals surface area contributed by atoms with Crippen LogP contribution in [0, 0.1) is 0 Å². The Hall–Kier alpha value is -2.51. The molecule has 0 radical (unpaired) electrons. The number of benzene rings is 1. The highest BCUT2D eigenvalue weighted by molar-refractivity contribution is 5.98. The number of amides is 1. The van der Waals surface area contributed by atoms with Crippen molar-refractivity contribution >= 4 is 28.6 Å². The Kier molecular flexibility index (Phi) is 5.72. The van der Waals surface area contributed by atoms with Crippen molar-refractivity contribution in [3.8, 4) is 0 Å². The van der Waals surface area contributed by atoms with E-state index in [4.69, 9.17) is 5.84 Å². The zero-order chi connectivity index (χ0) is 19.4. The average Bonchev–Trinajstić information content (AvgIpc) is 2.66. The maximum Gasteiger partial charge on any atom is 0.263 e. The third-order valence-corrected chi connectivity index (χ3v) is 4.99. The van der Waals surface area contributed by atoms with E-state index in [9.17, 15) is 4.79 Å². The third kappa shape index (κ3) is 4.61. The van der Waals surface area contributed by atoms with Crippen molar-refractivity contribution in [3.63, 3.8) is 0 Å². The van der Waals surface area contributed by atoms with Gasteiger partial charge < -0.3 is 15.2 Å². The number of hydrogen-bond donors (Lipinski definition) is 2. The van der Waals surface area contributed by atoms with E-state index < -0.39 is 11.6 Å². The van der Waals surface area contributed by atoms with E-state index >= 15 is 4.39 Å². The third-order valence-electron chi connectivity index (χ3n) is 4.99. The van der Waals surface area contributed by atoms with Crippen molar-refractivity contribution in [1.29, 1.82) is 0 Å². The second kappa shape index (κ2) is 8.02. The van der Waals surface area contributed by atoms with Crippen LogP contribution in [0.25, 0.3) is 16.8 Å². The molecule has 2 aromatic rings. The van der Waals surface area contributed by atoms with E-state index in [0.29, 0.717) is 18.9 Å². The predicted molar refractivity (Wildman–Crippen MR) is 107 cm³/mol. The number of aromatic nitrogens is 1. The van der Waals surface area contributed by atoms with Crippen molar-refractivity contribution in [1.82, 2.24) is 14.9 Å². The molecular formula is C20H26FN5O. The van der Waals surface area contributed by atoms with Crippen LogP contribution in [0.3, 0.4) is 0 Å². The van der Waals surface area contributed by atoms with E-state index in [1.54, 1.807) is 25.5 Å². The van der Waals surface area contributed by atoms with E-state index in [1.165, 1.54) is 5.01 Å². The van der Waals surface area contributed by atoms with Gasteiger partial charge in [-0.3, -0.25) is 4.79 Å². The zero-order valence-corrected chi connectivity index (χ0v) is 15.8. The molecule has 1 amide bonds. The summed E-state index contributed by atoms with van der Waals surface area (Å²) >= 11 is 0. The predicted octanol–water partition coefficient (Wildman–Crippen LogP) is 2.77. The fourth-order valence-corrected chi connectivity index (χ4v) is 3.21. The normalized spacial score (nSPS) is 17.3. The smallest absolute Gasteiger partial charge is 0.263 e. The van der Waals surface area contributed by atoms with E-state index in [2.05, 4.69) is 15.2 Å². The average molecular weight is 371 g/mol. The Morgan fingerprint density at radius 1 is 1.37 bits per heavy atom. The van der Waals surface area contributed by atoms with Gasteiger partial charge in [0.2, 0.25) is 0 Å². The van der Waals surface area contributed by atoms with Gasteiger partial charge in [-0.05, 0) is 35.7 Å². The Morgan fingerprint density at radius 2 is 2.11 bits per heavy atom. The number of hydrogen-bond acceptors (Lipinski definition) is 5. The van der Waals surface area contributed by atoms with Crippen LogP contribution in [0.4, 0.5) is 10.2 Å². The molecular weight excluding hydrogens is 345 g/mol. The molecule has 1 fully saturated rings. The van der Waals surface area contributed by atoms with E-state index in [-0.39, 0.29) is 12.8 Å². The highest BCUT2D eigenvalue weighted by atomic mass is 19.1. The van der Waals surface area contributed by atoms with Gasteiger partial charge in [-0.15, -0.1) is 0 Å². The summed E-state index contributed by atoms with van der Waals surface area (Å²) in [7, 11) is 1.74. The van der Waals surface area contributed by atoms with Gasteiger partial charge in [-0.1, -0.05) is 19.1 Å². The number of likely N-dealkylation sites (tertiary alicyclic amines) is 1. The highest BCUT2D eigenvalue weighted by Crippen LogP contribution is 2.28. The Balaban J connectivity index is 1.75. The standard InChI is InChI=1S/C20H26FN5O/c1-3-26-10-7-20(21,8-11-26)19(27)24-18-13-17-12-15(6-9-25(2)22)4-5-16(17)14-23-18/h4-6,9,12-14H,3,7-8,10-11,22H2,1-2H3,(H,23,24,27)/b9-6+. The molecule has 1 aromatic carbocycles. The molecule has 1 aliphatic rings. The number of anilines is 1. The molecule has 0 atom stereocenters. The first-order chi connectivity index (χ1) is 12.9. The van der Waals surface area contributed by atoms with Crippen LogP contribution in [0.1, 0.15) is 25.3 Å². The molecule has 1 aliphatic heterocycles. The minimum absolute atomic E-state index is 0.210. The maximum atomic E-state index is 15.0. The van der Waals surface area contributed by atoms with E-state index in [1.807, 2.05) is 31.2 Å².